The molecule has 0 bridgehead atoms. The number of fused-ring (bicyclic) bond motifs is 1. The van der Waals surface area contributed by atoms with Gasteiger partial charge in [-0.05, 0) is 58.5 Å². The summed E-state index contributed by atoms with van der Waals surface area (Å²) in [5, 5.41) is 7.64. The number of nitrogens with two attached hydrogens (primary N) is 1. The zero-order valence-corrected chi connectivity index (χ0v) is 12.3. The lowest BCUT2D eigenvalue weighted by atomic mass is 9.98. The summed E-state index contributed by atoms with van der Waals surface area (Å²) in [7, 11) is 0. The highest BCUT2D eigenvalue weighted by Gasteiger charge is 2.12. The average molecular weight is 283 g/mol. The number of hydrogen-bond acceptors (Lipinski definition) is 5. The van der Waals surface area contributed by atoms with Crippen molar-refractivity contribution < 1.29 is 9.37 Å². The molecule has 1 heterocycles. The summed E-state index contributed by atoms with van der Waals surface area (Å²) in [5.41, 5.74) is 9.90. The second-order valence-electron chi connectivity index (χ2n) is 5.39. The van der Waals surface area contributed by atoms with E-state index in [1.807, 2.05) is 12.1 Å². The maximum absolute atomic E-state index is 5.90. The van der Waals surface area contributed by atoms with E-state index in [1.54, 1.807) is 12.1 Å². The number of benzene rings is 2. The highest BCUT2D eigenvalue weighted by Crippen LogP contribution is 2.32. The molecule has 0 spiro atoms. The highest BCUT2D eigenvalue weighted by atomic mass is 16.6. The van der Waals surface area contributed by atoms with E-state index < -0.39 is 0 Å². The van der Waals surface area contributed by atoms with Gasteiger partial charge < -0.3 is 10.5 Å². The van der Waals surface area contributed by atoms with Crippen LogP contribution in [0.2, 0.25) is 0 Å². The fourth-order valence-electron chi connectivity index (χ4n) is 2.43. The lowest BCUT2D eigenvalue weighted by molar-refractivity contribution is 0.314. The Morgan fingerprint density at radius 2 is 1.86 bits per heavy atom. The maximum Gasteiger partial charge on any atom is 0.179 e. The van der Waals surface area contributed by atoms with Crippen molar-refractivity contribution in [2.24, 2.45) is 0 Å². The van der Waals surface area contributed by atoms with E-state index >= 15 is 0 Å². The Bertz CT molecular complexity index is 793. The molecule has 5 nitrogen and oxygen atoms in total. The van der Waals surface area contributed by atoms with Crippen molar-refractivity contribution in [3.63, 3.8) is 0 Å². The van der Waals surface area contributed by atoms with Crippen molar-refractivity contribution in [1.29, 1.82) is 0 Å². The first-order valence-corrected chi connectivity index (χ1v) is 6.85. The normalized spacial score (nSPS) is 11.2. The number of hydrogen-bond donors (Lipinski definition) is 1. The molecule has 0 aliphatic rings. The zero-order valence-electron chi connectivity index (χ0n) is 12.3. The number of rotatable bonds is 3. The Balaban J connectivity index is 1.97. The van der Waals surface area contributed by atoms with Crippen LogP contribution in [-0.2, 0) is 0 Å². The fourth-order valence-corrected chi connectivity index (χ4v) is 2.43. The van der Waals surface area contributed by atoms with Gasteiger partial charge in [0.05, 0.1) is 5.69 Å². The molecule has 2 aromatic carbocycles. The predicted molar refractivity (Wildman–Crippen MR) is 81.6 cm³/mol. The summed E-state index contributed by atoms with van der Waals surface area (Å²) >= 11 is 0. The van der Waals surface area contributed by atoms with Gasteiger partial charge >= 0.3 is 0 Å². The number of anilines is 1. The van der Waals surface area contributed by atoms with Crippen molar-refractivity contribution in [2.75, 3.05) is 5.73 Å². The van der Waals surface area contributed by atoms with Crippen LogP contribution in [0.4, 0.5) is 5.69 Å². The van der Waals surface area contributed by atoms with Gasteiger partial charge in [0.15, 0.2) is 16.8 Å². The monoisotopic (exact) mass is 283 g/mol. The first kappa shape index (κ1) is 13.4. The lowest BCUT2D eigenvalue weighted by Crippen LogP contribution is -1.94. The average Bonchev–Trinajstić information content (AvgIpc) is 2.92. The molecule has 3 aromatic rings. The Labute approximate surface area is 122 Å². The third kappa shape index (κ3) is 2.42. The fraction of sp³-hybridized carbons (Fsp3) is 0.250. The van der Waals surface area contributed by atoms with E-state index in [4.69, 9.17) is 15.1 Å². The smallest absolute Gasteiger partial charge is 0.179 e. The molecular formula is C16H17N3O2. The van der Waals surface area contributed by atoms with Crippen molar-refractivity contribution in [3.05, 3.63) is 41.5 Å². The molecule has 0 saturated heterocycles. The van der Waals surface area contributed by atoms with Crippen LogP contribution in [-0.4, -0.2) is 10.3 Å². The van der Waals surface area contributed by atoms with Crippen LogP contribution in [0.3, 0.4) is 0 Å². The van der Waals surface area contributed by atoms with Crippen LogP contribution in [0, 0.1) is 6.92 Å². The van der Waals surface area contributed by atoms with Gasteiger partial charge in [0.2, 0.25) is 0 Å². The molecule has 0 amide bonds. The minimum Gasteiger partial charge on any atom is -0.455 e. The number of aromatic nitrogens is 2. The summed E-state index contributed by atoms with van der Waals surface area (Å²) in [6.07, 6.45) is 0. The molecule has 1 aromatic heterocycles. The van der Waals surface area contributed by atoms with Crippen LogP contribution < -0.4 is 10.5 Å². The van der Waals surface area contributed by atoms with E-state index in [-0.39, 0.29) is 0 Å². The minimum absolute atomic E-state index is 0.488. The van der Waals surface area contributed by atoms with Gasteiger partial charge in [0.1, 0.15) is 5.75 Å². The number of nitrogens with zero attached hydrogens (tertiary/aromatic N) is 2. The van der Waals surface area contributed by atoms with E-state index in [0.717, 1.165) is 5.75 Å². The molecule has 3 rings (SSSR count). The second-order valence-corrected chi connectivity index (χ2v) is 5.39. The van der Waals surface area contributed by atoms with Crippen LogP contribution in [0.5, 0.6) is 11.5 Å². The van der Waals surface area contributed by atoms with Crippen LogP contribution in [0.15, 0.2) is 35.0 Å². The molecule has 0 aliphatic carbocycles. The van der Waals surface area contributed by atoms with Crippen LogP contribution in [0.25, 0.3) is 11.0 Å². The van der Waals surface area contributed by atoms with E-state index in [0.29, 0.717) is 28.4 Å². The summed E-state index contributed by atoms with van der Waals surface area (Å²) in [5.74, 6) is 1.82. The quantitative estimate of drug-likeness (QED) is 0.734. The molecule has 108 valence electrons. The summed E-state index contributed by atoms with van der Waals surface area (Å²) in [6, 6.07) is 9.57. The van der Waals surface area contributed by atoms with Crippen molar-refractivity contribution in [2.45, 2.75) is 26.7 Å². The molecule has 0 aliphatic heterocycles. The number of ether oxygens (including phenoxy) is 1. The van der Waals surface area contributed by atoms with E-state index in [9.17, 15) is 0 Å². The van der Waals surface area contributed by atoms with Crippen LogP contribution >= 0.6 is 0 Å². The third-order valence-electron chi connectivity index (χ3n) is 3.50. The number of nitrogen functional groups attached to an aromatic ring is 1. The molecular weight excluding hydrogens is 266 g/mol. The maximum atomic E-state index is 5.90. The van der Waals surface area contributed by atoms with E-state index in [2.05, 4.69) is 37.2 Å². The van der Waals surface area contributed by atoms with Crippen molar-refractivity contribution in [3.8, 4) is 11.5 Å². The van der Waals surface area contributed by atoms with Gasteiger partial charge in [-0.25, -0.2) is 4.63 Å². The van der Waals surface area contributed by atoms with Gasteiger partial charge in [-0.1, -0.05) is 19.9 Å². The van der Waals surface area contributed by atoms with Gasteiger partial charge in [0, 0.05) is 0 Å². The topological polar surface area (TPSA) is 74.2 Å². The number of aryl methyl sites for hydroxylation is 1. The lowest BCUT2D eigenvalue weighted by Gasteiger charge is -2.12. The van der Waals surface area contributed by atoms with Gasteiger partial charge in [-0.2, -0.15) is 0 Å². The SMILES string of the molecule is Cc1cc(Oc2ccc(N)c3nonc23)ccc1C(C)C. The Hall–Kier alpha value is -2.56. The standard InChI is InChI=1S/C16H17N3O2/c1-9(2)12-5-4-11(8-10(12)3)20-14-7-6-13(17)15-16(14)19-21-18-15/h4-9H,17H2,1-3H3. The van der Waals surface area contributed by atoms with Crippen LogP contribution in [0.1, 0.15) is 30.9 Å². The second kappa shape index (κ2) is 5.09. The highest BCUT2D eigenvalue weighted by molar-refractivity contribution is 5.90. The molecule has 0 atom stereocenters. The predicted octanol–water partition coefficient (Wildman–Crippen LogP) is 4.03. The van der Waals surface area contributed by atoms with Gasteiger partial charge in [-0.3, -0.25) is 0 Å². The Kier molecular flexibility index (Phi) is 3.25. The first-order chi connectivity index (χ1) is 10.1. The largest absolute Gasteiger partial charge is 0.455 e. The minimum atomic E-state index is 0.488. The van der Waals surface area contributed by atoms with Crippen molar-refractivity contribution >= 4 is 16.7 Å². The Morgan fingerprint density at radius 1 is 1.10 bits per heavy atom. The third-order valence-corrected chi connectivity index (χ3v) is 3.50. The molecule has 0 radical (unpaired) electrons. The van der Waals surface area contributed by atoms with Gasteiger partial charge in [-0.15, -0.1) is 0 Å². The summed E-state index contributed by atoms with van der Waals surface area (Å²) in [4.78, 5) is 0. The Morgan fingerprint density at radius 3 is 2.57 bits per heavy atom. The molecule has 0 unspecified atom stereocenters. The zero-order chi connectivity index (χ0) is 15.0. The molecule has 21 heavy (non-hydrogen) atoms. The summed E-state index contributed by atoms with van der Waals surface area (Å²) in [6.45, 7) is 6.43. The molecule has 0 fully saturated rings. The molecule has 2 N–H and O–H groups in total. The summed E-state index contributed by atoms with van der Waals surface area (Å²) < 4.78 is 10.6. The molecule has 5 heteroatoms. The van der Waals surface area contributed by atoms with E-state index in [1.165, 1.54) is 11.1 Å². The first-order valence-electron chi connectivity index (χ1n) is 6.85. The van der Waals surface area contributed by atoms with Gasteiger partial charge in [0.25, 0.3) is 0 Å². The van der Waals surface area contributed by atoms with Crippen molar-refractivity contribution in [1.82, 2.24) is 10.3 Å². The molecule has 0 saturated carbocycles.